The van der Waals surface area contributed by atoms with E-state index in [0.717, 1.165) is 22.6 Å². The maximum absolute atomic E-state index is 12.3. The number of pyridine rings is 1. The third-order valence-corrected chi connectivity index (χ3v) is 4.95. The molecule has 4 rings (SSSR count). The molecule has 1 N–H and O–H groups in total. The molecule has 7 nitrogen and oxygen atoms in total. The van der Waals surface area contributed by atoms with E-state index < -0.39 is 0 Å². The lowest BCUT2D eigenvalue weighted by Crippen LogP contribution is -2.08. The smallest absolute Gasteiger partial charge is 0.248 e. The number of aromatic nitrogens is 4. The van der Waals surface area contributed by atoms with Crippen molar-refractivity contribution in [1.29, 1.82) is 0 Å². The van der Waals surface area contributed by atoms with Gasteiger partial charge in [0.2, 0.25) is 5.91 Å². The summed E-state index contributed by atoms with van der Waals surface area (Å²) in [6.07, 6.45) is 6.96. The second kappa shape index (κ2) is 8.42. The van der Waals surface area contributed by atoms with Crippen molar-refractivity contribution >= 4 is 34.9 Å². The summed E-state index contributed by atoms with van der Waals surface area (Å²) < 4.78 is 9.34. The van der Waals surface area contributed by atoms with E-state index in [2.05, 4.69) is 15.4 Å². The molecule has 0 bridgehead atoms. The first-order valence-electron chi connectivity index (χ1n) is 9.33. The molecule has 30 heavy (non-hydrogen) atoms. The number of anilines is 1. The Kier molecular flexibility index (Phi) is 5.54. The maximum Gasteiger partial charge on any atom is 0.248 e. The highest BCUT2D eigenvalue weighted by Crippen LogP contribution is 2.21. The van der Waals surface area contributed by atoms with Crippen LogP contribution in [0.3, 0.4) is 0 Å². The third-order valence-electron chi connectivity index (χ3n) is 4.50. The van der Waals surface area contributed by atoms with E-state index in [1.165, 1.54) is 6.08 Å². The molecule has 4 aromatic rings. The van der Waals surface area contributed by atoms with Crippen LogP contribution in [0.2, 0.25) is 5.15 Å². The van der Waals surface area contributed by atoms with Crippen molar-refractivity contribution in [2.24, 2.45) is 7.05 Å². The van der Waals surface area contributed by atoms with Crippen molar-refractivity contribution in [3.05, 3.63) is 83.0 Å². The van der Waals surface area contributed by atoms with Crippen molar-refractivity contribution in [2.75, 3.05) is 5.32 Å². The zero-order valence-electron chi connectivity index (χ0n) is 16.5. The van der Waals surface area contributed by atoms with E-state index >= 15 is 0 Å². The number of halogens is 1. The van der Waals surface area contributed by atoms with Crippen LogP contribution in [0.15, 0.2) is 60.9 Å². The molecule has 3 heterocycles. The van der Waals surface area contributed by atoms with Gasteiger partial charge in [-0.2, -0.15) is 5.10 Å². The largest absolute Gasteiger partial charge is 0.487 e. The van der Waals surface area contributed by atoms with Gasteiger partial charge in [-0.25, -0.2) is 4.98 Å². The number of fused-ring (bicyclic) bond motifs is 1. The molecule has 8 heteroatoms. The molecule has 0 saturated carbocycles. The average molecular weight is 422 g/mol. The van der Waals surface area contributed by atoms with Gasteiger partial charge in [0.15, 0.2) is 0 Å². The van der Waals surface area contributed by atoms with Gasteiger partial charge in [-0.05, 0) is 37.3 Å². The molecule has 3 aromatic heterocycles. The van der Waals surface area contributed by atoms with E-state index in [1.807, 2.05) is 54.0 Å². The first kappa shape index (κ1) is 19.7. The van der Waals surface area contributed by atoms with Crippen molar-refractivity contribution in [3.8, 4) is 5.75 Å². The summed E-state index contributed by atoms with van der Waals surface area (Å²) in [5.41, 5.74) is 3.80. The predicted molar refractivity (Wildman–Crippen MR) is 117 cm³/mol. The van der Waals surface area contributed by atoms with Gasteiger partial charge >= 0.3 is 0 Å². The summed E-state index contributed by atoms with van der Waals surface area (Å²) in [5.74, 6) is 0.367. The first-order chi connectivity index (χ1) is 14.5. The summed E-state index contributed by atoms with van der Waals surface area (Å²) >= 11 is 6.18. The molecule has 0 radical (unpaired) electrons. The monoisotopic (exact) mass is 421 g/mol. The lowest BCUT2D eigenvalue weighted by molar-refractivity contribution is -0.111. The first-order valence-corrected chi connectivity index (χ1v) is 9.71. The second-order valence-corrected chi connectivity index (χ2v) is 7.11. The van der Waals surface area contributed by atoms with E-state index in [1.54, 1.807) is 29.9 Å². The molecule has 152 valence electrons. The molecule has 0 saturated heterocycles. The molecule has 1 amide bonds. The van der Waals surface area contributed by atoms with Crippen LogP contribution < -0.4 is 10.1 Å². The highest BCUT2D eigenvalue weighted by Gasteiger charge is 2.09. The number of aryl methyl sites for hydroxylation is 2. The fraction of sp³-hybridized carbons (Fsp3) is 0.136. The molecule has 1 aromatic carbocycles. The minimum Gasteiger partial charge on any atom is -0.487 e. The average Bonchev–Trinajstić information content (AvgIpc) is 3.25. The molecule has 0 unspecified atom stereocenters. The van der Waals surface area contributed by atoms with Crippen LogP contribution in [0.25, 0.3) is 11.7 Å². The minimum atomic E-state index is -0.271. The Bertz CT molecular complexity index is 1210. The van der Waals surface area contributed by atoms with Crippen molar-refractivity contribution in [2.45, 2.75) is 13.5 Å². The van der Waals surface area contributed by atoms with Crippen LogP contribution in [0.4, 0.5) is 5.69 Å². The molecular weight excluding hydrogens is 402 g/mol. The van der Waals surface area contributed by atoms with Crippen molar-refractivity contribution in [3.63, 3.8) is 0 Å². The summed E-state index contributed by atoms with van der Waals surface area (Å²) in [7, 11) is 1.75. The SMILES string of the molecule is Cc1nn(C)c(Cl)c1/C=C/C(=O)Nc1cccc(OCc2cn3ccccc3n2)c1. The van der Waals surface area contributed by atoms with Gasteiger partial charge in [0, 0.05) is 42.8 Å². The number of amides is 1. The summed E-state index contributed by atoms with van der Waals surface area (Å²) in [6.45, 7) is 2.17. The number of carbonyl (C=O) groups is 1. The van der Waals surface area contributed by atoms with Gasteiger partial charge in [-0.1, -0.05) is 23.7 Å². The Morgan fingerprint density at radius 3 is 2.90 bits per heavy atom. The van der Waals surface area contributed by atoms with Crippen LogP contribution in [0.1, 0.15) is 17.0 Å². The molecule has 0 atom stereocenters. The highest BCUT2D eigenvalue weighted by atomic mass is 35.5. The van der Waals surface area contributed by atoms with Crippen molar-refractivity contribution < 1.29 is 9.53 Å². The minimum absolute atomic E-state index is 0.271. The Balaban J connectivity index is 1.39. The fourth-order valence-corrected chi connectivity index (χ4v) is 3.29. The van der Waals surface area contributed by atoms with E-state index in [9.17, 15) is 4.79 Å². The lowest BCUT2D eigenvalue weighted by Gasteiger charge is -2.07. The third kappa shape index (κ3) is 4.36. The number of carbonyl (C=O) groups excluding carboxylic acids is 1. The van der Waals surface area contributed by atoms with E-state index in [4.69, 9.17) is 16.3 Å². The quantitative estimate of drug-likeness (QED) is 0.472. The maximum atomic E-state index is 12.3. The highest BCUT2D eigenvalue weighted by molar-refractivity contribution is 6.31. The Labute approximate surface area is 178 Å². The zero-order valence-corrected chi connectivity index (χ0v) is 17.3. The molecule has 0 aliphatic heterocycles. The summed E-state index contributed by atoms with van der Waals surface area (Å²) in [5, 5.41) is 7.53. The number of ether oxygens (including phenoxy) is 1. The number of rotatable bonds is 6. The lowest BCUT2D eigenvalue weighted by atomic mass is 10.2. The van der Waals surface area contributed by atoms with E-state index in [0.29, 0.717) is 23.2 Å². The topological polar surface area (TPSA) is 73.5 Å². The zero-order chi connectivity index (χ0) is 21.1. The van der Waals surface area contributed by atoms with Gasteiger partial charge in [0.1, 0.15) is 23.2 Å². The standard InChI is InChI=1S/C22H20ClN5O2/c1-15-19(22(23)27(2)26-15)9-10-21(29)25-16-6-5-7-18(12-16)30-14-17-13-28-11-4-3-8-20(28)24-17/h3-13H,14H2,1-2H3,(H,25,29)/b10-9+. The molecular formula is C22H20ClN5O2. The van der Waals surface area contributed by atoms with Gasteiger partial charge in [-0.15, -0.1) is 0 Å². The number of nitrogens with zero attached hydrogens (tertiary/aromatic N) is 4. The molecule has 0 spiro atoms. The Morgan fingerprint density at radius 2 is 2.13 bits per heavy atom. The second-order valence-electron chi connectivity index (χ2n) is 6.75. The van der Waals surface area contributed by atoms with E-state index in [-0.39, 0.29) is 5.91 Å². The molecule has 0 aliphatic rings. The van der Waals surface area contributed by atoms with Gasteiger partial charge in [-0.3, -0.25) is 9.48 Å². The number of benzene rings is 1. The number of nitrogens with one attached hydrogen (secondary N) is 1. The van der Waals surface area contributed by atoms with Crippen LogP contribution in [-0.2, 0) is 18.4 Å². The number of hydrogen-bond acceptors (Lipinski definition) is 4. The van der Waals surface area contributed by atoms with Crippen LogP contribution in [0, 0.1) is 6.92 Å². The number of hydrogen-bond donors (Lipinski definition) is 1. The Morgan fingerprint density at radius 1 is 1.27 bits per heavy atom. The van der Waals surface area contributed by atoms with Gasteiger partial charge in [0.25, 0.3) is 0 Å². The van der Waals surface area contributed by atoms with Crippen LogP contribution >= 0.6 is 11.6 Å². The van der Waals surface area contributed by atoms with Crippen LogP contribution in [-0.4, -0.2) is 25.1 Å². The summed E-state index contributed by atoms with van der Waals surface area (Å²) in [6, 6.07) is 13.0. The molecule has 0 aliphatic carbocycles. The normalized spacial score (nSPS) is 11.3. The number of imidazole rings is 1. The summed E-state index contributed by atoms with van der Waals surface area (Å²) in [4.78, 5) is 16.8. The fourth-order valence-electron chi connectivity index (χ4n) is 3.06. The van der Waals surface area contributed by atoms with Gasteiger partial charge in [0.05, 0.1) is 11.4 Å². The Hall–Kier alpha value is -3.58. The predicted octanol–water partition coefficient (Wildman–Crippen LogP) is 4.26. The molecule has 0 fully saturated rings. The van der Waals surface area contributed by atoms with Crippen LogP contribution in [0.5, 0.6) is 5.75 Å². The van der Waals surface area contributed by atoms with Gasteiger partial charge < -0.3 is 14.5 Å². The van der Waals surface area contributed by atoms with Crippen molar-refractivity contribution in [1.82, 2.24) is 19.2 Å².